The van der Waals surface area contributed by atoms with Crippen LogP contribution < -0.4 is 5.32 Å². The maximum atomic E-state index is 9.75. The number of aliphatic hydroxyl groups is 1. The first-order valence-electron chi connectivity index (χ1n) is 7.41. The molecule has 0 radical (unpaired) electrons. The van der Waals surface area contributed by atoms with Gasteiger partial charge in [0.05, 0.1) is 12.7 Å². The Morgan fingerprint density at radius 2 is 2.19 bits per heavy atom. The summed E-state index contributed by atoms with van der Waals surface area (Å²) in [6.07, 6.45) is 0.573. The van der Waals surface area contributed by atoms with Crippen LogP contribution in [0.4, 0.5) is 0 Å². The molecular weight excluding hydrogens is 332 g/mol. The van der Waals surface area contributed by atoms with Gasteiger partial charge in [0.1, 0.15) is 0 Å². The third-order valence-corrected chi connectivity index (χ3v) is 3.88. The quantitative estimate of drug-likeness (QED) is 0.674. The summed E-state index contributed by atoms with van der Waals surface area (Å²) < 4.78 is 6.06. The molecule has 2 unspecified atom stereocenters. The van der Waals surface area contributed by atoms with E-state index in [0.29, 0.717) is 19.2 Å². The van der Waals surface area contributed by atoms with Gasteiger partial charge in [0.15, 0.2) is 0 Å². The fourth-order valence-corrected chi connectivity index (χ4v) is 2.82. The predicted molar refractivity (Wildman–Crippen MR) is 90.6 cm³/mol. The van der Waals surface area contributed by atoms with Crippen molar-refractivity contribution in [3.63, 3.8) is 0 Å². The van der Waals surface area contributed by atoms with E-state index < -0.39 is 6.10 Å². The smallest absolute Gasteiger partial charge is 0.0899 e. The first-order chi connectivity index (χ1) is 10.1. The average molecular weight is 359 g/mol. The number of halogens is 1. The summed E-state index contributed by atoms with van der Waals surface area (Å²) in [4.78, 5) is 2.14. The van der Waals surface area contributed by atoms with Crippen LogP contribution in [0.25, 0.3) is 0 Å². The van der Waals surface area contributed by atoms with Crippen LogP contribution in [0.2, 0.25) is 0 Å². The number of aliphatic hydroxyl groups excluding tert-OH is 1. The number of rotatable bonds is 10. The van der Waals surface area contributed by atoms with Gasteiger partial charge in [0.2, 0.25) is 0 Å². The van der Waals surface area contributed by atoms with Crippen LogP contribution in [-0.2, 0) is 4.74 Å². The van der Waals surface area contributed by atoms with Crippen LogP contribution in [0.3, 0.4) is 0 Å². The van der Waals surface area contributed by atoms with E-state index in [0.717, 1.165) is 24.0 Å². The molecule has 120 valence electrons. The van der Waals surface area contributed by atoms with Gasteiger partial charge in [-0.05, 0) is 44.3 Å². The SMILES string of the molecule is CCNC(CCN(C)CC(O)COC)c1cccc(Br)c1. The lowest BCUT2D eigenvalue weighted by molar-refractivity contribution is 0.0426. The topological polar surface area (TPSA) is 44.7 Å². The minimum Gasteiger partial charge on any atom is -0.389 e. The molecule has 0 saturated carbocycles. The zero-order valence-electron chi connectivity index (χ0n) is 13.2. The fourth-order valence-electron chi connectivity index (χ4n) is 2.40. The van der Waals surface area contributed by atoms with Gasteiger partial charge in [-0.1, -0.05) is 35.0 Å². The van der Waals surface area contributed by atoms with E-state index in [4.69, 9.17) is 4.74 Å². The van der Waals surface area contributed by atoms with Gasteiger partial charge in [-0.15, -0.1) is 0 Å². The van der Waals surface area contributed by atoms with E-state index >= 15 is 0 Å². The predicted octanol–water partition coefficient (Wildman–Crippen LogP) is 2.43. The molecule has 1 aromatic carbocycles. The van der Waals surface area contributed by atoms with Gasteiger partial charge in [-0.25, -0.2) is 0 Å². The highest BCUT2D eigenvalue weighted by atomic mass is 79.9. The summed E-state index contributed by atoms with van der Waals surface area (Å²) in [5.41, 5.74) is 1.29. The Morgan fingerprint density at radius 1 is 1.43 bits per heavy atom. The molecule has 21 heavy (non-hydrogen) atoms. The van der Waals surface area contributed by atoms with E-state index in [-0.39, 0.29) is 0 Å². The Kier molecular flexibility index (Phi) is 9.11. The van der Waals surface area contributed by atoms with Gasteiger partial charge in [-0.2, -0.15) is 0 Å². The van der Waals surface area contributed by atoms with Crippen LogP contribution in [0.15, 0.2) is 28.7 Å². The van der Waals surface area contributed by atoms with Crippen molar-refractivity contribution in [1.29, 1.82) is 0 Å². The van der Waals surface area contributed by atoms with Crippen LogP contribution in [-0.4, -0.2) is 56.5 Å². The Morgan fingerprint density at radius 3 is 2.81 bits per heavy atom. The maximum absolute atomic E-state index is 9.75. The first kappa shape index (κ1) is 18.6. The van der Waals surface area contributed by atoms with Gasteiger partial charge in [0, 0.05) is 24.2 Å². The van der Waals surface area contributed by atoms with Gasteiger partial charge in [0.25, 0.3) is 0 Å². The molecule has 4 nitrogen and oxygen atoms in total. The fraction of sp³-hybridized carbons (Fsp3) is 0.625. The molecule has 0 amide bonds. The molecule has 0 aliphatic heterocycles. The highest BCUT2D eigenvalue weighted by Crippen LogP contribution is 2.21. The summed E-state index contributed by atoms with van der Waals surface area (Å²) in [6, 6.07) is 8.75. The van der Waals surface area contributed by atoms with E-state index in [1.807, 2.05) is 13.1 Å². The average Bonchev–Trinajstić information content (AvgIpc) is 2.43. The number of ether oxygens (including phenoxy) is 1. The molecule has 0 aromatic heterocycles. The lowest BCUT2D eigenvalue weighted by Crippen LogP contribution is -2.34. The van der Waals surface area contributed by atoms with Gasteiger partial charge >= 0.3 is 0 Å². The summed E-state index contributed by atoms with van der Waals surface area (Å²) >= 11 is 3.53. The maximum Gasteiger partial charge on any atom is 0.0899 e. The molecule has 1 rings (SSSR count). The molecule has 1 aromatic rings. The largest absolute Gasteiger partial charge is 0.389 e. The Bertz CT molecular complexity index is 404. The number of methoxy groups -OCH3 is 1. The Hall–Kier alpha value is -0.460. The van der Waals surface area contributed by atoms with Gasteiger partial charge < -0.3 is 20.1 Å². The summed E-state index contributed by atoms with van der Waals surface area (Å²) in [5.74, 6) is 0. The minimum atomic E-state index is -0.427. The van der Waals surface area contributed by atoms with Crippen LogP contribution in [0.1, 0.15) is 24.9 Å². The standard InChI is InChI=1S/C16H27BrN2O2/c1-4-18-16(13-6-5-7-14(17)10-13)8-9-19(2)11-15(20)12-21-3/h5-7,10,15-16,18,20H,4,8-9,11-12H2,1-3H3. The molecule has 0 saturated heterocycles. The Balaban J connectivity index is 2.51. The normalized spacial score (nSPS) is 14.4. The second kappa shape index (κ2) is 10.3. The number of nitrogens with one attached hydrogen (secondary N) is 1. The van der Waals surface area contributed by atoms with Crippen molar-refractivity contribution in [2.45, 2.75) is 25.5 Å². The molecule has 0 spiro atoms. The van der Waals surface area contributed by atoms with Crippen LogP contribution >= 0.6 is 15.9 Å². The minimum absolute atomic E-state index is 0.328. The van der Waals surface area contributed by atoms with E-state index in [9.17, 15) is 5.11 Å². The molecule has 0 heterocycles. The number of likely N-dealkylation sites (N-methyl/N-ethyl adjacent to an activating group) is 1. The number of hydrogen-bond donors (Lipinski definition) is 2. The van der Waals surface area contributed by atoms with Crippen LogP contribution in [0, 0.1) is 0 Å². The molecule has 0 fully saturated rings. The molecule has 0 aliphatic carbocycles. The van der Waals surface area contributed by atoms with Crippen molar-refractivity contribution < 1.29 is 9.84 Å². The summed E-state index contributed by atoms with van der Waals surface area (Å²) in [6.45, 7) is 4.99. The molecule has 5 heteroatoms. The van der Waals surface area contributed by atoms with Gasteiger partial charge in [-0.3, -0.25) is 0 Å². The molecule has 2 atom stereocenters. The van der Waals surface area contributed by atoms with Crippen molar-refractivity contribution >= 4 is 15.9 Å². The third kappa shape index (κ3) is 7.38. The van der Waals surface area contributed by atoms with Crippen molar-refractivity contribution in [1.82, 2.24) is 10.2 Å². The monoisotopic (exact) mass is 358 g/mol. The molecule has 2 N–H and O–H groups in total. The second-order valence-electron chi connectivity index (χ2n) is 5.33. The molecule has 0 aliphatic rings. The Labute approximate surface area is 136 Å². The third-order valence-electron chi connectivity index (χ3n) is 3.38. The van der Waals surface area contributed by atoms with Crippen LogP contribution in [0.5, 0.6) is 0 Å². The highest BCUT2D eigenvalue weighted by molar-refractivity contribution is 9.10. The number of benzene rings is 1. The first-order valence-corrected chi connectivity index (χ1v) is 8.20. The van der Waals surface area contributed by atoms with Crippen molar-refractivity contribution in [3.05, 3.63) is 34.3 Å². The van der Waals surface area contributed by atoms with E-state index in [1.165, 1.54) is 5.56 Å². The van der Waals surface area contributed by atoms with Crippen molar-refractivity contribution in [2.24, 2.45) is 0 Å². The van der Waals surface area contributed by atoms with E-state index in [1.54, 1.807) is 7.11 Å². The summed E-state index contributed by atoms with van der Waals surface area (Å²) in [7, 11) is 3.64. The van der Waals surface area contributed by atoms with Crippen molar-refractivity contribution in [3.8, 4) is 0 Å². The molecule has 0 bridgehead atoms. The number of nitrogens with zero attached hydrogens (tertiary/aromatic N) is 1. The van der Waals surface area contributed by atoms with Crippen molar-refractivity contribution in [2.75, 3.05) is 40.4 Å². The second-order valence-corrected chi connectivity index (χ2v) is 6.24. The molecular formula is C16H27BrN2O2. The lowest BCUT2D eigenvalue weighted by atomic mass is 10.0. The van der Waals surface area contributed by atoms with E-state index in [2.05, 4.69) is 51.3 Å². The summed E-state index contributed by atoms with van der Waals surface area (Å²) in [5, 5.41) is 13.3. The highest BCUT2D eigenvalue weighted by Gasteiger charge is 2.13. The zero-order valence-corrected chi connectivity index (χ0v) is 14.8. The zero-order chi connectivity index (χ0) is 15.7. The number of hydrogen-bond acceptors (Lipinski definition) is 4. The lowest BCUT2D eigenvalue weighted by Gasteiger charge is -2.24.